The Labute approximate surface area is 194 Å². The second kappa shape index (κ2) is 8.91. The lowest BCUT2D eigenvalue weighted by Crippen LogP contribution is -2.02. The Kier molecular flexibility index (Phi) is 5.66. The summed E-state index contributed by atoms with van der Waals surface area (Å²) in [5.41, 5.74) is 3.97. The highest BCUT2D eigenvalue weighted by atomic mass is 32.2. The van der Waals surface area contributed by atoms with Crippen molar-refractivity contribution in [3.8, 4) is 22.8 Å². The van der Waals surface area contributed by atoms with Gasteiger partial charge in [0.15, 0.2) is 11.0 Å². The Morgan fingerprint density at radius 1 is 1.00 bits per heavy atom. The van der Waals surface area contributed by atoms with Crippen molar-refractivity contribution >= 4 is 22.7 Å². The SMILES string of the molecule is COc1ccc(-n2c(SCc3cc(=O)oc4cc(C)ccc34)nnc2-c2ccncc2)cc1. The van der Waals surface area contributed by atoms with Crippen LogP contribution in [0.2, 0.25) is 0 Å². The van der Waals surface area contributed by atoms with Crippen molar-refractivity contribution < 1.29 is 9.15 Å². The fraction of sp³-hybridized carbons (Fsp3) is 0.120. The smallest absolute Gasteiger partial charge is 0.336 e. The summed E-state index contributed by atoms with van der Waals surface area (Å²) in [6.45, 7) is 1.97. The van der Waals surface area contributed by atoms with E-state index in [1.165, 1.54) is 11.8 Å². The maximum atomic E-state index is 12.1. The molecule has 8 heteroatoms. The van der Waals surface area contributed by atoms with E-state index in [1.54, 1.807) is 25.6 Å². The van der Waals surface area contributed by atoms with Crippen molar-refractivity contribution in [1.29, 1.82) is 0 Å². The molecule has 0 atom stereocenters. The maximum absolute atomic E-state index is 12.1. The molecule has 0 saturated heterocycles. The quantitative estimate of drug-likeness (QED) is 0.261. The number of fused-ring (bicyclic) bond motifs is 1. The average molecular weight is 457 g/mol. The van der Waals surface area contributed by atoms with Crippen molar-refractivity contribution in [3.05, 3.63) is 94.6 Å². The number of hydrogen-bond acceptors (Lipinski definition) is 7. The predicted octanol–water partition coefficient (Wildman–Crippen LogP) is 5.05. The minimum absolute atomic E-state index is 0.363. The molecule has 0 amide bonds. The van der Waals surface area contributed by atoms with Crippen molar-refractivity contribution in [2.24, 2.45) is 0 Å². The molecule has 0 unspecified atom stereocenters. The molecule has 3 heterocycles. The zero-order valence-electron chi connectivity index (χ0n) is 18.1. The number of aryl methyl sites for hydroxylation is 1. The van der Waals surface area contributed by atoms with Crippen molar-refractivity contribution in [2.45, 2.75) is 17.8 Å². The van der Waals surface area contributed by atoms with Gasteiger partial charge < -0.3 is 9.15 Å². The van der Waals surface area contributed by atoms with Gasteiger partial charge in [-0.05, 0) is 60.5 Å². The van der Waals surface area contributed by atoms with Gasteiger partial charge >= 0.3 is 5.63 Å². The van der Waals surface area contributed by atoms with Gasteiger partial charge in [-0.3, -0.25) is 9.55 Å². The first kappa shape index (κ1) is 21.0. The Balaban J connectivity index is 1.56. The molecule has 7 nitrogen and oxygen atoms in total. The van der Waals surface area contributed by atoms with Gasteiger partial charge in [-0.15, -0.1) is 10.2 Å². The highest BCUT2D eigenvalue weighted by Crippen LogP contribution is 2.31. The van der Waals surface area contributed by atoms with Crippen LogP contribution in [0.25, 0.3) is 28.0 Å². The topological polar surface area (TPSA) is 83.0 Å². The molecule has 164 valence electrons. The summed E-state index contributed by atoms with van der Waals surface area (Å²) in [6.07, 6.45) is 3.46. The van der Waals surface area contributed by atoms with E-state index in [1.807, 2.05) is 66.1 Å². The van der Waals surface area contributed by atoms with Crippen LogP contribution in [0.4, 0.5) is 0 Å². The first-order valence-electron chi connectivity index (χ1n) is 10.3. The lowest BCUT2D eigenvalue weighted by Gasteiger charge is -2.11. The predicted molar refractivity (Wildman–Crippen MR) is 128 cm³/mol. The first-order valence-corrected chi connectivity index (χ1v) is 11.3. The number of rotatable bonds is 6. The highest BCUT2D eigenvalue weighted by molar-refractivity contribution is 7.98. The van der Waals surface area contributed by atoms with E-state index >= 15 is 0 Å². The molecule has 0 saturated carbocycles. The van der Waals surface area contributed by atoms with Gasteiger partial charge in [-0.25, -0.2) is 4.79 Å². The largest absolute Gasteiger partial charge is 0.497 e. The normalized spacial score (nSPS) is 11.1. The molecule has 0 aliphatic rings. The van der Waals surface area contributed by atoms with Crippen molar-refractivity contribution in [2.75, 3.05) is 7.11 Å². The molecule has 5 rings (SSSR count). The molecular weight excluding hydrogens is 436 g/mol. The van der Waals surface area contributed by atoms with E-state index in [9.17, 15) is 4.79 Å². The number of methoxy groups -OCH3 is 1. The van der Waals surface area contributed by atoms with E-state index in [-0.39, 0.29) is 5.63 Å². The van der Waals surface area contributed by atoms with Crippen LogP contribution in [0.3, 0.4) is 0 Å². The van der Waals surface area contributed by atoms with Gasteiger partial charge in [-0.2, -0.15) is 0 Å². The summed E-state index contributed by atoms with van der Waals surface area (Å²) in [7, 11) is 1.64. The lowest BCUT2D eigenvalue weighted by atomic mass is 10.1. The molecule has 0 aliphatic heterocycles. The lowest BCUT2D eigenvalue weighted by molar-refractivity contribution is 0.414. The number of pyridine rings is 1. The van der Waals surface area contributed by atoms with Crippen LogP contribution in [-0.4, -0.2) is 26.9 Å². The Bertz CT molecular complexity index is 1480. The Hall–Kier alpha value is -3.91. The Morgan fingerprint density at radius 2 is 1.79 bits per heavy atom. The number of hydrogen-bond donors (Lipinski definition) is 0. The third-order valence-electron chi connectivity index (χ3n) is 5.24. The molecule has 0 radical (unpaired) electrons. The summed E-state index contributed by atoms with van der Waals surface area (Å²) in [6, 6.07) is 19.0. The molecule has 33 heavy (non-hydrogen) atoms. The van der Waals surface area contributed by atoms with E-state index in [4.69, 9.17) is 9.15 Å². The summed E-state index contributed by atoms with van der Waals surface area (Å²) >= 11 is 1.51. The second-order valence-electron chi connectivity index (χ2n) is 7.45. The van der Waals surface area contributed by atoms with Gasteiger partial charge in [0.1, 0.15) is 11.3 Å². The van der Waals surface area contributed by atoms with Crippen LogP contribution < -0.4 is 10.4 Å². The number of aromatic nitrogens is 4. The molecule has 0 spiro atoms. The van der Waals surface area contributed by atoms with Gasteiger partial charge in [0.25, 0.3) is 0 Å². The zero-order valence-corrected chi connectivity index (χ0v) is 18.9. The molecular formula is C25H20N4O3S. The number of benzene rings is 2. The monoisotopic (exact) mass is 456 g/mol. The average Bonchev–Trinajstić information content (AvgIpc) is 3.26. The van der Waals surface area contributed by atoms with E-state index in [2.05, 4.69) is 15.2 Å². The zero-order chi connectivity index (χ0) is 22.8. The van der Waals surface area contributed by atoms with E-state index in [0.717, 1.165) is 33.5 Å². The summed E-state index contributed by atoms with van der Waals surface area (Å²) < 4.78 is 12.7. The standard InChI is InChI=1S/C25H20N4O3S/c1-16-3-8-21-18(14-23(30)32-22(21)13-16)15-33-25-28-27-24(17-9-11-26-12-10-17)29(25)19-4-6-20(31-2)7-5-19/h3-14H,15H2,1-2H3. The second-order valence-corrected chi connectivity index (χ2v) is 8.40. The van der Waals surface area contributed by atoms with Gasteiger partial charge in [0, 0.05) is 40.8 Å². The van der Waals surface area contributed by atoms with Gasteiger partial charge in [-0.1, -0.05) is 23.9 Å². The molecule has 0 N–H and O–H groups in total. The number of ether oxygens (including phenoxy) is 1. The number of thioether (sulfide) groups is 1. The first-order chi connectivity index (χ1) is 16.1. The fourth-order valence-corrected chi connectivity index (χ4v) is 4.56. The molecule has 3 aromatic heterocycles. The highest BCUT2D eigenvalue weighted by Gasteiger charge is 2.17. The fourth-order valence-electron chi connectivity index (χ4n) is 3.61. The maximum Gasteiger partial charge on any atom is 0.336 e. The van der Waals surface area contributed by atoms with Crippen LogP contribution in [0.5, 0.6) is 5.75 Å². The van der Waals surface area contributed by atoms with Gasteiger partial charge in [0.2, 0.25) is 0 Å². The molecule has 0 bridgehead atoms. The third-order valence-corrected chi connectivity index (χ3v) is 6.22. The van der Waals surface area contributed by atoms with Crippen LogP contribution in [0.1, 0.15) is 11.1 Å². The molecule has 5 aromatic rings. The van der Waals surface area contributed by atoms with Crippen molar-refractivity contribution in [3.63, 3.8) is 0 Å². The van der Waals surface area contributed by atoms with Gasteiger partial charge in [0.05, 0.1) is 7.11 Å². The molecule has 0 aliphatic carbocycles. The van der Waals surface area contributed by atoms with Crippen LogP contribution >= 0.6 is 11.8 Å². The summed E-state index contributed by atoms with van der Waals surface area (Å²) in [5.74, 6) is 2.01. The van der Waals surface area contributed by atoms with Crippen LogP contribution in [0, 0.1) is 6.92 Å². The molecule has 2 aromatic carbocycles. The minimum Gasteiger partial charge on any atom is -0.497 e. The summed E-state index contributed by atoms with van der Waals surface area (Å²) in [5, 5.41) is 10.6. The number of nitrogens with zero attached hydrogens (tertiary/aromatic N) is 4. The van der Waals surface area contributed by atoms with Crippen LogP contribution in [-0.2, 0) is 5.75 Å². The van der Waals surface area contributed by atoms with E-state index in [0.29, 0.717) is 22.3 Å². The molecule has 0 fully saturated rings. The third kappa shape index (κ3) is 4.25. The van der Waals surface area contributed by atoms with Crippen LogP contribution in [0.15, 0.2) is 87.4 Å². The van der Waals surface area contributed by atoms with E-state index < -0.39 is 0 Å². The minimum atomic E-state index is -0.363. The van der Waals surface area contributed by atoms with Crippen molar-refractivity contribution in [1.82, 2.24) is 19.7 Å². The summed E-state index contributed by atoms with van der Waals surface area (Å²) in [4.78, 5) is 16.2. The Morgan fingerprint density at radius 3 is 2.55 bits per heavy atom.